The van der Waals surface area contributed by atoms with E-state index in [1.807, 2.05) is 6.92 Å². The first-order valence-corrected chi connectivity index (χ1v) is 6.46. The fourth-order valence-electron chi connectivity index (χ4n) is 1.50. The van der Waals surface area contributed by atoms with Crippen LogP contribution in [-0.2, 0) is 0 Å². The summed E-state index contributed by atoms with van der Waals surface area (Å²) >= 11 is 4.10. The normalized spacial score (nSPS) is 12.2. The molecule has 0 radical (unpaired) electrons. The molecule has 0 saturated carbocycles. The molecule has 1 rings (SSSR count). The van der Waals surface area contributed by atoms with E-state index < -0.39 is 22.2 Å². The van der Waals surface area contributed by atoms with E-state index in [9.17, 15) is 18.9 Å². The van der Waals surface area contributed by atoms with Gasteiger partial charge in [-0.1, -0.05) is 6.92 Å². The van der Waals surface area contributed by atoms with Gasteiger partial charge >= 0.3 is 5.69 Å². The average molecular weight is 291 g/mol. The van der Waals surface area contributed by atoms with Gasteiger partial charge in [0.25, 0.3) is 0 Å². The number of nitro groups is 1. The standard InChI is InChI=1S/C12H15F2NO3S/c1-8(3-5-19)2-4-18-12-7-9(13)11(15(16)17)6-10(12)14/h6-8,19H,2-5H2,1H3. The lowest BCUT2D eigenvalue weighted by Gasteiger charge is -2.11. The number of hydrogen-bond donors (Lipinski definition) is 1. The van der Waals surface area contributed by atoms with Crippen LogP contribution in [-0.4, -0.2) is 17.3 Å². The van der Waals surface area contributed by atoms with Crippen molar-refractivity contribution in [2.45, 2.75) is 19.8 Å². The summed E-state index contributed by atoms with van der Waals surface area (Å²) in [7, 11) is 0. The molecule has 0 saturated heterocycles. The zero-order chi connectivity index (χ0) is 14.4. The number of ether oxygens (including phenoxy) is 1. The van der Waals surface area contributed by atoms with E-state index in [1.54, 1.807) is 0 Å². The zero-order valence-corrected chi connectivity index (χ0v) is 11.3. The monoisotopic (exact) mass is 291 g/mol. The second-order valence-electron chi connectivity index (χ2n) is 4.25. The van der Waals surface area contributed by atoms with E-state index in [2.05, 4.69) is 12.6 Å². The van der Waals surface area contributed by atoms with Crippen LogP contribution < -0.4 is 4.74 Å². The molecule has 0 aromatic heterocycles. The smallest absolute Gasteiger partial charge is 0.307 e. The Labute approximate surface area is 115 Å². The van der Waals surface area contributed by atoms with Gasteiger partial charge in [0, 0.05) is 6.07 Å². The van der Waals surface area contributed by atoms with Crippen LogP contribution in [0.3, 0.4) is 0 Å². The third-order valence-corrected chi connectivity index (χ3v) is 2.95. The number of nitrogens with zero attached hydrogens (tertiary/aromatic N) is 1. The van der Waals surface area contributed by atoms with Gasteiger partial charge in [0.15, 0.2) is 11.6 Å². The van der Waals surface area contributed by atoms with E-state index in [4.69, 9.17) is 4.74 Å². The second kappa shape index (κ2) is 7.28. The van der Waals surface area contributed by atoms with E-state index >= 15 is 0 Å². The number of hydrogen-bond acceptors (Lipinski definition) is 4. The predicted octanol–water partition coefficient (Wildman–Crippen LogP) is 3.60. The highest BCUT2D eigenvalue weighted by atomic mass is 32.1. The highest BCUT2D eigenvalue weighted by Gasteiger charge is 2.19. The van der Waals surface area contributed by atoms with E-state index in [-0.39, 0.29) is 12.4 Å². The van der Waals surface area contributed by atoms with Gasteiger partial charge in [-0.25, -0.2) is 4.39 Å². The number of rotatable bonds is 7. The molecule has 1 aromatic carbocycles. The van der Waals surface area contributed by atoms with Crippen molar-refractivity contribution in [3.8, 4) is 5.75 Å². The summed E-state index contributed by atoms with van der Waals surface area (Å²) in [5.74, 6) is -1.23. The van der Waals surface area contributed by atoms with Crippen LogP contribution in [0.4, 0.5) is 14.5 Å². The Morgan fingerprint density at radius 2 is 2.05 bits per heavy atom. The third-order valence-electron chi connectivity index (χ3n) is 2.69. The van der Waals surface area contributed by atoms with Crippen LogP contribution in [0, 0.1) is 27.7 Å². The Hall–Kier alpha value is -1.37. The Bertz CT molecular complexity index is 457. The summed E-state index contributed by atoms with van der Waals surface area (Å²) in [6.45, 7) is 2.23. The molecule has 106 valence electrons. The summed E-state index contributed by atoms with van der Waals surface area (Å²) in [5.41, 5.74) is -0.895. The van der Waals surface area contributed by atoms with Crippen LogP contribution >= 0.6 is 12.6 Å². The topological polar surface area (TPSA) is 52.4 Å². The summed E-state index contributed by atoms with van der Waals surface area (Å²) in [6, 6.07) is 1.23. The lowest BCUT2D eigenvalue weighted by Crippen LogP contribution is -2.06. The SMILES string of the molecule is CC(CCS)CCOc1cc(F)c([N+](=O)[O-])cc1F. The largest absolute Gasteiger partial charge is 0.490 e. The molecule has 0 aliphatic heterocycles. The summed E-state index contributed by atoms with van der Waals surface area (Å²) < 4.78 is 31.9. The maximum Gasteiger partial charge on any atom is 0.307 e. The number of halogens is 2. The molecule has 0 N–H and O–H groups in total. The quantitative estimate of drug-likeness (QED) is 0.474. The fourth-order valence-corrected chi connectivity index (χ4v) is 1.94. The number of nitro benzene ring substituents is 1. The second-order valence-corrected chi connectivity index (χ2v) is 4.69. The molecule has 1 unspecified atom stereocenters. The van der Waals surface area contributed by atoms with Gasteiger partial charge < -0.3 is 4.74 Å². The molecule has 0 heterocycles. The molecule has 0 aliphatic carbocycles. The molecule has 0 fully saturated rings. The fraction of sp³-hybridized carbons (Fsp3) is 0.500. The van der Waals surface area contributed by atoms with E-state index in [0.29, 0.717) is 24.5 Å². The molecule has 0 aliphatic rings. The molecule has 0 spiro atoms. The van der Waals surface area contributed by atoms with Crippen molar-refractivity contribution < 1.29 is 18.4 Å². The van der Waals surface area contributed by atoms with Crippen molar-refractivity contribution in [1.29, 1.82) is 0 Å². The molecule has 1 atom stereocenters. The molecule has 4 nitrogen and oxygen atoms in total. The minimum Gasteiger partial charge on any atom is -0.490 e. The van der Waals surface area contributed by atoms with Crippen LogP contribution in [0.5, 0.6) is 5.75 Å². The Balaban J connectivity index is 2.65. The van der Waals surface area contributed by atoms with Crippen molar-refractivity contribution in [3.63, 3.8) is 0 Å². The first kappa shape index (κ1) is 15.7. The van der Waals surface area contributed by atoms with Crippen LogP contribution in [0.2, 0.25) is 0 Å². The van der Waals surface area contributed by atoms with Crippen molar-refractivity contribution in [2.75, 3.05) is 12.4 Å². The van der Waals surface area contributed by atoms with Gasteiger partial charge in [0.2, 0.25) is 5.82 Å². The van der Waals surface area contributed by atoms with E-state index in [0.717, 1.165) is 12.2 Å². The van der Waals surface area contributed by atoms with Crippen molar-refractivity contribution in [1.82, 2.24) is 0 Å². The van der Waals surface area contributed by atoms with Crippen LogP contribution in [0.25, 0.3) is 0 Å². The summed E-state index contributed by atoms with van der Waals surface area (Å²) in [5, 5.41) is 10.4. The van der Waals surface area contributed by atoms with Gasteiger partial charge in [-0.15, -0.1) is 0 Å². The molecule has 0 bridgehead atoms. The number of benzene rings is 1. The molecule has 1 aromatic rings. The van der Waals surface area contributed by atoms with Crippen LogP contribution in [0.1, 0.15) is 19.8 Å². The van der Waals surface area contributed by atoms with Crippen LogP contribution in [0.15, 0.2) is 12.1 Å². The van der Waals surface area contributed by atoms with Gasteiger partial charge in [-0.05, 0) is 24.5 Å². The molecular weight excluding hydrogens is 276 g/mol. The molecular formula is C12H15F2NO3S. The Morgan fingerprint density at radius 1 is 1.37 bits per heavy atom. The maximum atomic E-state index is 13.5. The Kier molecular flexibility index (Phi) is 6.01. The van der Waals surface area contributed by atoms with Crippen molar-refractivity contribution in [3.05, 3.63) is 33.9 Å². The average Bonchev–Trinajstić information content (AvgIpc) is 2.33. The number of thiol groups is 1. The molecule has 7 heteroatoms. The van der Waals surface area contributed by atoms with Gasteiger partial charge in [0.1, 0.15) is 0 Å². The minimum atomic E-state index is -1.11. The molecule has 19 heavy (non-hydrogen) atoms. The van der Waals surface area contributed by atoms with Gasteiger partial charge in [0.05, 0.1) is 17.6 Å². The third kappa shape index (κ3) is 4.66. The highest BCUT2D eigenvalue weighted by molar-refractivity contribution is 7.80. The zero-order valence-electron chi connectivity index (χ0n) is 10.4. The lowest BCUT2D eigenvalue weighted by atomic mass is 10.1. The minimum absolute atomic E-state index is 0.225. The summed E-state index contributed by atoms with van der Waals surface area (Å²) in [6.07, 6.45) is 1.59. The van der Waals surface area contributed by atoms with Gasteiger partial charge in [-0.2, -0.15) is 17.0 Å². The predicted molar refractivity (Wildman–Crippen MR) is 70.8 cm³/mol. The summed E-state index contributed by atoms with van der Waals surface area (Å²) in [4.78, 5) is 9.44. The molecule has 0 amide bonds. The van der Waals surface area contributed by atoms with Crippen molar-refractivity contribution >= 4 is 18.3 Å². The Morgan fingerprint density at radius 3 is 2.63 bits per heavy atom. The highest BCUT2D eigenvalue weighted by Crippen LogP contribution is 2.26. The lowest BCUT2D eigenvalue weighted by molar-refractivity contribution is -0.387. The first-order valence-electron chi connectivity index (χ1n) is 5.82. The maximum absolute atomic E-state index is 13.5. The van der Waals surface area contributed by atoms with Crippen molar-refractivity contribution in [2.24, 2.45) is 5.92 Å². The van der Waals surface area contributed by atoms with Gasteiger partial charge in [-0.3, -0.25) is 10.1 Å². The van der Waals surface area contributed by atoms with E-state index in [1.165, 1.54) is 0 Å². The first-order chi connectivity index (χ1) is 8.95.